The minimum atomic E-state index is -1.39. The van der Waals surface area contributed by atoms with Gasteiger partial charge in [-0.3, -0.25) is 33.7 Å². The summed E-state index contributed by atoms with van der Waals surface area (Å²) in [5, 5.41) is 11.3. The number of carbonyl (C=O) groups excluding carboxylic acids is 6. The van der Waals surface area contributed by atoms with Gasteiger partial charge in [0.15, 0.2) is 16.9 Å². The van der Waals surface area contributed by atoms with E-state index in [0.717, 1.165) is 111 Å². The SMILES string of the molecule is CC1CC2C1C1C2C2C3C(C)C(CCSC4CC(=O)N(CCCCCC(=O)NC(COCCC(=O)NCCOCCOCCOCCOCc5ccc(COc6nc(N)nc7nc[nH]c67)cc5)(COCCC(=O)NCCOCCOCCOCCOCc5ccc(COc6nc(N)nc7nc[nH]c67)cc5)COCCC(=O)NCCOCCOCCOCCOCc5ccc(COc6nc(N)nc7nc[nH]c67)cc5)C4=O)C3C12. The van der Waals surface area contributed by atoms with Gasteiger partial charge in [-0.15, -0.1) is 11.8 Å². The summed E-state index contributed by atoms with van der Waals surface area (Å²) in [6.45, 7) is 14.1. The highest BCUT2D eigenvalue weighted by molar-refractivity contribution is 8.00. The number of nitrogens with one attached hydrogen (secondary N) is 7. The number of aromatic amines is 3. The van der Waals surface area contributed by atoms with E-state index in [4.69, 9.17) is 102 Å². The summed E-state index contributed by atoms with van der Waals surface area (Å²) in [5.74, 6) is 10.6. The number of anilines is 3. The molecule has 15 rings (SSSR count). The van der Waals surface area contributed by atoms with Gasteiger partial charge in [0.25, 0.3) is 0 Å². The van der Waals surface area contributed by atoms with Gasteiger partial charge in [-0.2, -0.15) is 29.9 Å². The maximum absolute atomic E-state index is 14.3. The van der Waals surface area contributed by atoms with E-state index in [2.05, 4.69) is 94.9 Å². The van der Waals surface area contributed by atoms with Gasteiger partial charge < -0.3 is 139 Å². The quantitative estimate of drug-likeness (QED) is 0.0107. The van der Waals surface area contributed by atoms with Crippen LogP contribution in [-0.2, 0) is 139 Å². The first-order valence-electron chi connectivity index (χ1n) is 51.2. The number of nitrogens with two attached hydrogens (primary N) is 3. The zero-order valence-electron chi connectivity index (χ0n) is 83.9. The fraction of sp³-hybridized carbons (Fsp3) is 0.618. The highest BCUT2D eigenvalue weighted by Gasteiger charge is 2.82. The van der Waals surface area contributed by atoms with E-state index < -0.39 is 5.54 Å². The number of rotatable bonds is 77. The van der Waals surface area contributed by atoms with Crippen LogP contribution in [0.25, 0.3) is 33.5 Å². The molecule has 0 radical (unpaired) electrons. The lowest BCUT2D eigenvalue weighted by Crippen LogP contribution is -2.83. The van der Waals surface area contributed by atoms with Crippen molar-refractivity contribution in [2.45, 2.75) is 128 Å². The van der Waals surface area contributed by atoms with Crippen LogP contribution in [0, 0.1) is 65.1 Å². The number of hydrogen-bond acceptors (Lipinski definition) is 37. The number of unbranched alkanes of at least 4 members (excludes halogenated alkanes) is 2. The monoisotopic (exact) mass is 2060 g/mol. The number of carbonyl (C=O) groups is 6. The van der Waals surface area contributed by atoms with Gasteiger partial charge >= 0.3 is 0 Å². The molecule has 6 aromatic heterocycles. The molecule has 1 saturated heterocycles. The van der Waals surface area contributed by atoms with Crippen molar-refractivity contribution in [2.75, 3.05) is 228 Å². The smallest absolute Gasteiger partial charge is 0.245 e. The van der Waals surface area contributed by atoms with Crippen molar-refractivity contribution in [1.82, 2.24) is 86.0 Å². The first-order valence-corrected chi connectivity index (χ1v) is 52.3. The van der Waals surface area contributed by atoms with Crippen LogP contribution in [0.2, 0.25) is 0 Å². The molecule has 1 aliphatic heterocycles. The predicted molar refractivity (Wildman–Crippen MR) is 538 cm³/mol. The number of hydrogen-bond donors (Lipinski definition) is 10. The molecule has 3 aromatic carbocycles. The molecule has 6 amide bonds. The third-order valence-corrected chi connectivity index (χ3v) is 28.9. The Morgan fingerprint density at radius 3 is 1.11 bits per heavy atom. The summed E-state index contributed by atoms with van der Waals surface area (Å²) < 4.78 is 105. The maximum atomic E-state index is 14.3. The number of benzene rings is 3. The average molecular weight is 2060 g/mol. The van der Waals surface area contributed by atoms with Crippen LogP contribution in [0.15, 0.2) is 91.8 Å². The maximum Gasteiger partial charge on any atom is 0.245 e. The third-order valence-electron chi connectivity index (χ3n) is 27.7. The Hall–Kier alpha value is -11.1. The number of imidazole rings is 3. The van der Waals surface area contributed by atoms with Crippen molar-refractivity contribution < 1.29 is 114 Å². The molecule has 800 valence electrons. The Kier molecular flexibility index (Phi) is 43.5. The molecule has 5 aliphatic carbocycles. The van der Waals surface area contributed by atoms with Crippen molar-refractivity contribution >= 4 is 98.5 Å². The second-order valence-electron chi connectivity index (χ2n) is 37.7. The summed E-state index contributed by atoms with van der Waals surface area (Å²) in [4.78, 5) is 129. The number of nitrogen functional groups attached to an aromatic ring is 3. The number of nitrogens with zero attached hydrogens (tertiary/aromatic N) is 10. The van der Waals surface area contributed by atoms with Crippen LogP contribution in [0.3, 0.4) is 0 Å². The zero-order valence-corrected chi connectivity index (χ0v) is 84.8. The molecule has 12 atom stereocenters. The van der Waals surface area contributed by atoms with Crippen molar-refractivity contribution in [1.29, 1.82) is 0 Å². The summed E-state index contributed by atoms with van der Waals surface area (Å²) in [5.41, 5.74) is 24.9. The molecule has 13 N–H and O–H groups in total. The van der Waals surface area contributed by atoms with Gasteiger partial charge in [-0.05, 0) is 130 Å². The number of likely N-dealkylation sites (tertiary alicyclic amines) is 1. The Balaban J connectivity index is 0.456. The van der Waals surface area contributed by atoms with Gasteiger partial charge in [0.05, 0.1) is 222 Å². The normalized spacial score (nSPS) is 20.0. The van der Waals surface area contributed by atoms with E-state index in [0.29, 0.717) is 209 Å². The summed E-state index contributed by atoms with van der Waals surface area (Å²) in [7, 11) is 0. The van der Waals surface area contributed by atoms with E-state index in [1.54, 1.807) is 11.8 Å². The van der Waals surface area contributed by atoms with Gasteiger partial charge in [0.1, 0.15) is 41.9 Å². The van der Waals surface area contributed by atoms with Crippen LogP contribution < -0.4 is 52.7 Å². The molecule has 5 saturated carbocycles. The summed E-state index contributed by atoms with van der Waals surface area (Å²) >= 11 is 1.65. The van der Waals surface area contributed by atoms with Crippen molar-refractivity contribution in [3.8, 4) is 17.6 Å². The third kappa shape index (κ3) is 32.7. The molecular formula is C102H142N20O24S. The number of aromatic nitrogens is 12. The molecule has 9 aromatic rings. The molecule has 12 unspecified atom stereocenters. The van der Waals surface area contributed by atoms with Crippen LogP contribution in [0.1, 0.15) is 111 Å². The van der Waals surface area contributed by atoms with E-state index >= 15 is 0 Å². The van der Waals surface area contributed by atoms with Gasteiger partial charge in [0, 0.05) is 58.3 Å². The standard InChI is InChI=1S/C102H142N20O24S/c1-66-52-75-82(66)86-85(75)87-83-67(2)74(84(83)88(86)87)22-51-147-76-53-81(127)122(98(76)128)26-5-3-4-6-80(126)121-102(60-141-27-19-77(123)106-23-30-129-33-36-132-39-42-135-45-48-138-54-68-7-13-71(14-8-68)57-144-95-89-92(112-63-109-89)115-99(103)118-95,61-142-28-20-78(124)107-24-31-130-34-37-133-40-43-136-46-49-139-55-69-9-15-72(16-10-69)58-145-96-90-93(113-64-110-90)116-100(104)119-96)62-143-29-21-79(125)108-25-32-131-35-38-134-41-44-137-47-50-140-56-70-11-17-73(18-12-70)59-146-97-91-94(114-65-111-91)117-101(105)120-97/h7-18,63-67,74-76,82-88H,3-6,19-62H2,1-2H3,(H,106,123)(H,107,124)(H,108,125)(H,121,126)(H3,103,109,112,115,118)(H3,104,110,113,116,119)(H3,105,111,114,117,120). The molecule has 6 aliphatic rings. The lowest BCUT2D eigenvalue weighted by atomic mass is 9.17. The van der Waals surface area contributed by atoms with Gasteiger partial charge in [0.2, 0.25) is 70.9 Å². The van der Waals surface area contributed by atoms with Crippen molar-refractivity contribution in [3.05, 3.63) is 125 Å². The summed E-state index contributed by atoms with van der Waals surface area (Å²) in [6.07, 6.45) is 8.70. The second-order valence-corrected chi connectivity index (χ2v) is 39.0. The molecule has 44 nitrogen and oxygen atoms in total. The number of thioether (sulfide) groups is 1. The zero-order chi connectivity index (χ0) is 102. The average Bonchev–Trinajstić information content (AvgIpc) is 0.735. The Morgan fingerprint density at radius 1 is 0.388 bits per heavy atom. The van der Waals surface area contributed by atoms with Crippen LogP contribution >= 0.6 is 11.8 Å². The molecule has 7 heterocycles. The molecule has 0 spiro atoms. The lowest BCUT2D eigenvalue weighted by Gasteiger charge is -2.87. The summed E-state index contributed by atoms with van der Waals surface area (Å²) in [6, 6.07) is 23.5. The number of fused-ring (bicyclic) bond motifs is 13. The minimum Gasteiger partial charge on any atom is -0.471 e. The lowest BCUT2D eigenvalue weighted by molar-refractivity contribution is -0.401. The number of imide groups is 1. The van der Waals surface area contributed by atoms with Gasteiger partial charge in [-0.1, -0.05) is 93.1 Å². The van der Waals surface area contributed by atoms with Gasteiger partial charge in [-0.25, -0.2) is 15.0 Å². The highest BCUT2D eigenvalue weighted by atomic mass is 32.2. The molecule has 45 heteroatoms. The van der Waals surface area contributed by atoms with E-state index in [1.165, 1.54) is 30.3 Å². The van der Waals surface area contributed by atoms with Crippen LogP contribution in [0.5, 0.6) is 17.6 Å². The van der Waals surface area contributed by atoms with Crippen LogP contribution in [-0.4, -0.2) is 321 Å². The minimum absolute atomic E-state index is 0.0453. The number of H-pyrrole nitrogens is 3. The first-order chi connectivity index (χ1) is 72.0. The number of ether oxygens (including phenoxy) is 18. The Bertz CT molecular complexity index is 5140. The largest absolute Gasteiger partial charge is 0.471 e. The van der Waals surface area contributed by atoms with E-state index in [9.17, 15) is 28.8 Å². The van der Waals surface area contributed by atoms with E-state index in [-0.39, 0.29) is 196 Å². The molecule has 6 fully saturated rings. The fourth-order valence-electron chi connectivity index (χ4n) is 20.5. The topological polar surface area (TPSA) is 561 Å². The van der Waals surface area contributed by atoms with E-state index in [1.807, 2.05) is 72.8 Å². The van der Waals surface area contributed by atoms with Crippen molar-refractivity contribution in [3.63, 3.8) is 0 Å². The fourth-order valence-corrected chi connectivity index (χ4v) is 21.7. The molecule has 147 heavy (non-hydrogen) atoms. The molecular weight excluding hydrogens is 1920 g/mol. The molecule has 0 bridgehead atoms. The van der Waals surface area contributed by atoms with Crippen LogP contribution in [0.4, 0.5) is 17.8 Å². The predicted octanol–water partition coefficient (Wildman–Crippen LogP) is 6.78. The Labute approximate surface area is 858 Å². The second kappa shape index (κ2) is 58.2. The number of amides is 6. The highest BCUT2D eigenvalue weighted by Crippen LogP contribution is 2.86. The van der Waals surface area contributed by atoms with Crippen molar-refractivity contribution in [2.24, 2.45) is 65.1 Å². The first kappa shape index (κ1) is 110. The Morgan fingerprint density at radius 2 is 0.735 bits per heavy atom.